The molecule has 0 aromatic heterocycles. The highest BCUT2D eigenvalue weighted by atomic mass is 19.1. The van der Waals surface area contributed by atoms with Gasteiger partial charge < -0.3 is 20.0 Å². The number of piperazine rings is 1. The number of hydrogen-bond acceptors (Lipinski definition) is 3. The third-order valence-corrected chi connectivity index (χ3v) is 5.18. The second-order valence-electron chi connectivity index (χ2n) is 7.64. The molecule has 0 unspecified atom stereocenters. The van der Waals surface area contributed by atoms with E-state index in [9.17, 15) is 13.6 Å². The minimum absolute atomic E-state index is 0.0315. The largest absolute Gasteiger partial charge is 0.366 e. The highest BCUT2D eigenvalue weighted by Crippen LogP contribution is 2.22. The molecular formula is C23H29F2N5O. The average molecular weight is 430 g/mol. The molecule has 3 rings (SSSR count). The van der Waals surface area contributed by atoms with Gasteiger partial charge in [0.25, 0.3) is 5.91 Å². The zero-order valence-electron chi connectivity index (χ0n) is 18.2. The third kappa shape index (κ3) is 5.71. The fraction of sp³-hybridized carbons (Fsp3) is 0.391. The second kappa shape index (κ2) is 10.2. The van der Waals surface area contributed by atoms with Crippen molar-refractivity contribution in [1.82, 2.24) is 15.1 Å². The van der Waals surface area contributed by atoms with Gasteiger partial charge in [0.05, 0.1) is 12.2 Å². The summed E-state index contributed by atoms with van der Waals surface area (Å²) >= 11 is 0. The molecular weight excluding hydrogens is 400 g/mol. The van der Waals surface area contributed by atoms with Crippen molar-refractivity contribution in [2.75, 3.05) is 51.7 Å². The number of hydrogen-bond donors (Lipinski definition) is 1. The van der Waals surface area contributed by atoms with E-state index in [1.807, 2.05) is 36.1 Å². The van der Waals surface area contributed by atoms with Gasteiger partial charge in [-0.25, -0.2) is 13.8 Å². The molecule has 1 N–H and O–H groups in total. The molecule has 8 heteroatoms. The lowest BCUT2D eigenvalue weighted by atomic mass is 10.1. The van der Waals surface area contributed by atoms with Crippen molar-refractivity contribution in [3.8, 4) is 0 Å². The number of carbonyl (C=O) groups is 1. The van der Waals surface area contributed by atoms with E-state index in [4.69, 9.17) is 4.99 Å². The topological polar surface area (TPSA) is 51.2 Å². The van der Waals surface area contributed by atoms with E-state index in [0.29, 0.717) is 44.0 Å². The smallest absolute Gasteiger partial charge is 0.253 e. The van der Waals surface area contributed by atoms with Crippen LogP contribution in [0.3, 0.4) is 0 Å². The lowest BCUT2D eigenvalue weighted by molar-refractivity contribution is 0.0827. The zero-order chi connectivity index (χ0) is 22.4. The molecule has 1 saturated heterocycles. The SMILES string of the molecule is CCNC(=NCc1ccc(C(=O)N(C)C)cc1)N1CCN(c2cc(F)ccc2F)CC1. The van der Waals surface area contributed by atoms with Crippen molar-refractivity contribution in [1.29, 1.82) is 0 Å². The lowest BCUT2D eigenvalue weighted by Crippen LogP contribution is -2.52. The van der Waals surface area contributed by atoms with Crippen molar-refractivity contribution in [3.05, 3.63) is 65.2 Å². The first-order valence-electron chi connectivity index (χ1n) is 10.4. The fourth-order valence-electron chi connectivity index (χ4n) is 3.49. The van der Waals surface area contributed by atoms with Crippen molar-refractivity contribution in [3.63, 3.8) is 0 Å². The maximum atomic E-state index is 14.1. The Bertz CT molecular complexity index is 922. The van der Waals surface area contributed by atoms with Gasteiger partial charge in [-0.1, -0.05) is 12.1 Å². The first-order valence-corrected chi connectivity index (χ1v) is 10.4. The van der Waals surface area contributed by atoms with E-state index in [2.05, 4.69) is 10.2 Å². The number of nitrogens with zero attached hydrogens (tertiary/aromatic N) is 4. The highest BCUT2D eigenvalue weighted by molar-refractivity contribution is 5.93. The Balaban J connectivity index is 1.64. The third-order valence-electron chi connectivity index (χ3n) is 5.18. The van der Waals surface area contributed by atoms with Crippen LogP contribution in [-0.2, 0) is 6.54 Å². The molecule has 2 aromatic rings. The monoisotopic (exact) mass is 429 g/mol. The summed E-state index contributed by atoms with van der Waals surface area (Å²) in [4.78, 5) is 22.3. The van der Waals surface area contributed by atoms with E-state index in [0.717, 1.165) is 24.1 Å². The van der Waals surface area contributed by atoms with Crippen LogP contribution in [0.1, 0.15) is 22.8 Å². The van der Waals surface area contributed by atoms with Crippen LogP contribution < -0.4 is 10.2 Å². The molecule has 1 heterocycles. The van der Waals surface area contributed by atoms with Gasteiger partial charge in [-0.2, -0.15) is 0 Å². The molecule has 1 aliphatic rings. The van der Waals surface area contributed by atoms with Crippen molar-refractivity contribution >= 4 is 17.6 Å². The maximum Gasteiger partial charge on any atom is 0.253 e. The predicted octanol–water partition coefficient (Wildman–Crippen LogP) is 2.95. The van der Waals surface area contributed by atoms with Gasteiger partial charge in [-0.15, -0.1) is 0 Å². The van der Waals surface area contributed by atoms with Gasteiger partial charge in [-0.3, -0.25) is 4.79 Å². The number of aliphatic imine (C=N–C) groups is 1. The molecule has 0 saturated carbocycles. The number of nitrogens with one attached hydrogen (secondary N) is 1. The normalized spacial score (nSPS) is 14.5. The molecule has 0 bridgehead atoms. The standard InChI is InChI=1S/C23H29F2N5O/c1-4-26-23(27-16-17-5-7-18(8-6-17)22(31)28(2)3)30-13-11-29(12-14-30)21-15-19(24)9-10-20(21)25/h5-10,15H,4,11-14,16H2,1-3H3,(H,26,27). The molecule has 1 amide bonds. The van der Waals surface area contributed by atoms with Gasteiger partial charge in [0.2, 0.25) is 0 Å². The van der Waals surface area contributed by atoms with Crippen molar-refractivity contribution < 1.29 is 13.6 Å². The Kier molecular flexibility index (Phi) is 7.44. The van der Waals surface area contributed by atoms with Crippen molar-refractivity contribution in [2.24, 2.45) is 4.99 Å². The number of guanidine groups is 1. The minimum Gasteiger partial charge on any atom is -0.366 e. The van der Waals surface area contributed by atoms with Crippen LogP contribution in [-0.4, -0.2) is 68.5 Å². The van der Waals surface area contributed by atoms with Crippen LogP contribution in [0.15, 0.2) is 47.5 Å². The van der Waals surface area contributed by atoms with Gasteiger partial charge in [0, 0.05) is 58.4 Å². The van der Waals surface area contributed by atoms with Gasteiger partial charge >= 0.3 is 0 Å². The Hall–Kier alpha value is -3.16. The number of amides is 1. The highest BCUT2D eigenvalue weighted by Gasteiger charge is 2.22. The van der Waals surface area contributed by atoms with E-state index in [1.165, 1.54) is 12.1 Å². The van der Waals surface area contributed by atoms with Crippen LogP contribution in [0.25, 0.3) is 0 Å². The molecule has 6 nitrogen and oxygen atoms in total. The summed E-state index contributed by atoms with van der Waals surface area (Å²) in [7, 11) is 3.46. The van der Waals surface area contributed by atoms with E-state index in [-0.39, 0.29) is 5.91 Å². The summed E-state index contributed by atoms with van der Waals surface area (Å²) in [5.74, 6) is -0.0926. The van der Waals surface area contributed by atoms with Crippen LogP contribution in [0.4, 0.5) is 14.5 Å². The molecule has 0 atom stereocenters. The molecule has 1 fully saturated rings. The molecule has 0 radical (unpaired) electrons. The number of benzene rings is 2. The number of rotatable bonds is 5. The van der Waals surface area contributed by atoms with Crippen LogP contribution in [0, 0.1) is 11.6 Å². The molecule has 166 valence electrons. The summed E-state index contributed by atoms with van der Waals surface area (Å²) in [6.07, 6.45) is 0. The van der Waals surface area contributed by atoms with E-state index in [1.54, 1.807) is 19.0 Å². The quantitative estimate of drug-likeness (QED) is 0.587. The number of anilines is 1. The Labute approximate surface area is 182 Å². The first kappa shape index (κ1) is 22.5. The summed E-state index contributed by atoms with van der Waals surface area (Å²) in [5.41, 5.74) is 1.95. The summed E-state index contributed by atoms with van der Waals surface area (Å²) < 4.78 is 27.6. The minimum atomic E-state index is -0.438. The number of halogens is 2. The summed E-state index contributed by atoms with van der Waals surface area (Å²) in [6.45, 7) is 5.68. The maximum absolute atomic E-state index is 14.1. The van der Waals surface area contributed by atoms with E-state index >= 15 is 0 Å². The Morgan fingerprint density at radius 3 is 2.35 bits per heavy atom. The van der Waals surface area contributed by atoms with Crippen LogP contribution in [0.2, 0.25) is 0 Å². The molecule has 1 aliphatic heterocycles. The Morgan fingerprint density at radius 2 is 1.74 bits per heavy atom. The zero-order valence-corrected chi connectivity index (χ0v) is 18.2. The average Bonchev–Trinajstić information content (AvgIpc) is 2.78. The molecule has 31 heavy (non-hydrogen) atoms. The molecule has 0 spiro atoms. The van der Waals surface area contributed by atoms with Crippen LogP contribution in [0.5, 0.6) is 0 Å². The lowest BCUT2D eigenvalue weighted by Gasteiger charge is -2.37. The van der Waals surface area contributed by atoms with Gasteiger partial charge in [-0.05, 0) is 36.8 Å². The van der Waals surface area contributed by atoms with Gasteiger partial charge in [0.1, 0.15) is 11.6 Å². The molecule has 2 aromatic carbocycles. The second-order valence-corrected chi connectivity index (χ2v) is 7.64. The summed E-state index contributed by atoms with van der Waals surface area (Å²) in [6, 6.07) is 11.0. The fourth-order valence-corrected chi connectivity index (χ4v) is 3.49. The summed E-state index contributed by atoms with van der Waals surface area (Å²) in [5, 5.41) is 3.30. The van der Waals surface area contributed by atoms with E-state index < -0.39 is 11.6 Å². The van der Waals surface area contributed by atoms with Crippen LogP contribution >= 0.6 is 0 Å². The number of carbonyl (C=O) groups excluding carboxylic acids is 1. The predicted molar refractivity (Wildman–Crippen MR) is 119 cm³/mol. The Morgan fingerprint density at radius 1 is 1.06 bits per heavy atom. The first-order chi connectivity index (χ1) is 14.9. The van der Waals surface area contributed by atoms with Gasteiger partial charge in [0.15, 0.2) is 5.96 Å². The molecule has 0 aliphatic carbocycles. The van der Waals surface area contributed by atoms with Crippen molar-refractivity contribution in [2.45, 2.75) is 13.5 Å².